The molecule has 1 aliphatic heterocycles. The molecule has 0 aromatic carbocycles. The Balaban J connectivity index is 2.21. The van der Waals surface area contributed by atoms with Crippen molar-refractivity contribution < 1.29 is 14.3 Å². The molecular weight excluding hydrogens is 186 g/mol. The summed E-state index contributed by atoms with van der Waals surface area (Å²) in [5, 5.41) is 13.2. The SMILES string of the molecule is [N-]=[N+]=Nc1cocc1C(O)C1CCO1. The highest BCUT2D eigenvalue weighted by molar-refractivity contribution is 5.43. The van der Waals surface area contributed by atoms with Gasteiger partial charge in [-0.15, -0.1) is 0 Å². The van der Waals surface area contributed by atoms with Crippen molar-refractivity contribution in [3.63, 3.8) is 0 Å². The Morgan fingerprint density at radius 3 is 3.00 bits per heavy atom. The van der Waals surface area contributed by atoms with Gasteiger partial charge in [-0.2, -0.15) is 0 Å². The van der Waals surface area contributed by atoms with Gasteiger partial charge in [0, 0.05) is 17.1 Å². The molecule has 2 atom stereocenters. The average molecular weight is 195 g/mol. The number of rotatable bonds is 3. The summed E-state index contributed by atoms with van der Waals surface area (Å²) in [6.07, 6.45) is 2.50. The minimum Gasteiger partial charge on any atom is -0.472 e. The van der Waals surface area contributed by atoms with Crippen LogP contribution < -0.4 is 0 Å². The fourth-order valence-corrected chi connectivity index (χ4v) is 1.35. The first-order valence-corrected chi connectivity index (χ1v) is 4.24. The van der Waals surface area contributed by atoms with E-state index in [1.807, 2.05) is 0 Å². The van der Waals surface area contributed by atoms with Gasteiger partial charge in [0.05, 0.1) is 18.1 Å². The Kier molecular flexibility index (Phi) is 2.41. The van der Waals surface area contributed by atoms with Crippen LogP contribution >= 0.6 is 0 Å². The van der Waals surface area contributed by atoms with E-state index in [4.69, 9.17) is 14.7 Å². The predicted octanol–water partition coefficient (Wildman–Crippen LogP) is 2.04. The van der Waals surface area contributed by atoms with Gasteiger partial charge in [0.1, 0.15) is 12.4 Å². The number of hydrogen-bond donors (Lipinski definition) is 1. The van der Waals surface area contributed by atoms with Crippen LogP contribution in [-0.2, 0) is 4.74 Å². The van der Waals surface area contributed by atoms with Crippen LogP contribution in [0.4, 0.5) is 5.69 Å². The van der Waals surface area contributed by atoms with E-state index in [9.17, 15) is 5.11 Å². The summed E-state index contributed by atoms with van der Waals surface area (Å²) >= 11 is 0. The molecule has 0 spiro atoms. The molecule has 1 aromatic rings. The molecule has 0 radical (unpaired) electrons. The minimum absolute atomic E-state index is 0.208. The van der Waals surface area contributed by atoms with Crippen molar-refractivity contribution in [1.82, 2.24) is 0 Å². The lowest BCUT2D eigenvalue weighted by molar-refractivity contribution is -0.118. The third-order valence-corrected chi connectivity index (χ3v) is 2.23. The van der Waals surface area contributed by atoms with Crippen LogP contribution in [0.2, 0.25) is 0 Å². The highest BCUT2D eigenvalue weighted by atomic mass is 16.5. The van der Waals surface area contributed by atoms with Crippen LogP contribution in [0.15, 0.2) is 22.1 Å². The monoisotopic (exact) mass is 195 g/mol. The summed E-state index contributed by atoms with van der Waals surface area (Å²) in [6.45, 7) is 0.663. The maximum atomic E-state index is 9.77. The number of ether oxygens (including phenoxy) is 1. The zero-order chi connectivity index (χ0) is 9.97. The van der Waals surface area contributed by atoms with Gasteiger partial charge in [0.25, 0.3) is 0 Å². The summed E-state index contributed by atoms with van der Waals surface area (Å²) < 4.78 is 9.98. The molecule has 2 heterocycles. The predicted molar refractivity (Wildman–Crippen MR) is 46.8 cm³/mol. The van der Waals surface area contributed by atoms with Gasteiger partial charge < -0.3 is 14.3 Å². The molecule has 1 aliphatic rings. The maximum Gasteiger partial charge on any atom is 0.109 e. The van der Waals surface area contributed by atoms with Gasteiger partial charge in [0.2, 0.25) is 0 Å². The number of aliphatic hydroxyl groups is 1. The molecule has 0 saturated carbocycles. The Morgan fingerprint density at radius 2 is 2.43 bits per heavy atom. The van der Waals surface area contributed by atoms with Crippen molar-refractivity contribution >= 4 is 5.69 Å². The van der Waals surface area contributed by atoms with Gasteiger partial charge in [-0.1, -0.05) is 5.11 Å². The number of nitrogens with zero attached hydrogens (tertiary/aromatic N) is 3. The van der Waals surface area contributed by atoms with Crippen molar-refractivity contribution in [2.24, 2.45) is 5.11 Å². The Labute approximate surface area is 79.7 Å². The number of hydrogen-bond acceptors (Lipinski definition) is 4. The second-order valence-electron chi connectivity index (χ2n) is 3.04. The molecule has 1 saturated heterocycles. The van der Waals surface area contributed by atoms with Crippen molar-refractivity contribution in [2.45, 2.75) is 18.6 Å². The molecule has 0 bridgehead atoms. The smallest absolute Gasteiger partial charge is 0.109 e. The van der Waals surface area contributed by atoms with E-state index in [0.717, 1.165) is 6.42 Å². The quantitative estimate of drug-likeness (QED) is 0.454. The van der Waals surface area contributed by atoms with Crippen molar-refractivity contribution in [2.75, 3.05) is 6.61 Å². The minimum atomic E-state index is -0.775. The van der Waals surface area contributed by atoms with Crippen molar-refractivity contribution in [3.05, 3.63) is 28.5 Å². The summed E-state index contributed by atoms with van der Waals surface area (Å²) in [5.41, 5.74) is 9.05. The number of azide groups is 1. The molecular formula is C8H9N3O3. The second-order valence-corrected chi connectivity index (χ2v) is 3.04. The van der Waals surface area contributed by atoms with Gasteiger partial charge in [-0.3, -0.25) is 0 Å². The lowest BCUT2D eigenvalue weighted by Gasteiger charge is -2.30. The molecule has 2 unspecified atom stereocenters. The Morgan fingerprint density at radius 1 is 1.64 bits per heavy atom. The third kappa shape index (κ3) is 1.46. The summed E-state index contributed by atoms with van der Waals surface area (Å²) in [7, 11) is 0. The van der Waals surface area contributed by atoms with Crippen molar-refractivity contribution in [1.29, 1.82) is 0 Å². The molecule has 6 heteroatoms. The molecule has 0 amide bonds. The topological polar surface area (TPSA) is 91.4 Å². The van der Waals surface area contributed by atoms with Gasteiger partial charge in [0.15, 0.2) is 0 Å². The molecule has 1 aromatic heterocycles. The number of aliphatic hydroxyl groups excluding tert-OH is 1. The van der Waals surface area contributed by atoms with Crippen LogP contribution in [0.1, 0.15) is 18.1 Å². The van der Waals surface area contributed by atoms with E-state index in [1.165, 1.54) is 12.5 Å². The van der Waals surface area contributed by atoms with Crippen LogP contribution in [0.3, 0.4) is 0 Å². The van der Waals surface area contributed by atoms with E-state index < -0.39 is 6.10 Å². The van der Waals surface area contributed by atoms with Crippen molar-refractivity contribution in [3.8, 4) is 0 Å². The van der Waals surface area contributed by atoms with E-state index in [-0.39, 0.29) is 6.10 Å². The van der Waals surface area contributed by atoms with Gasteiger partial charge in [-0.05, 0) is 12.0 Å². The van der Waals surface area contributed by atoms with E-state index in [1.54, 1.807) is 0 Å². The molecule has 2 rings (SSSR count). The number of furan rings is 1. The lowest BCUT2D eigenvalue weighted by Crippen LogP contribution is -2.32. The van der Waals surface area contributed by atoms with Crippen LogP contribution in [0, 0.1) is 0 Å². The summed E-state index contributed by atoms with van der Waals surface area (Å²) in [5.74, 6) is 0. The van der Waals surface area contributed by atoms with Crippen LogP contribution in [-0.4, -0.2) is 17.8 Å². The Bertz CT molecular complexity index is 366. The third-order valence-electron chi connectivity index (χ3n) is 2.23. The van der Waals surface area contributed by atoms with Gasteiger partial charge >= 0.3 is 0 Å². The molecule has 14 heavy (non-hydrogen) atoms. The largest absolute Gasteiger partial charge is 0.472 e. The molecule has 0 aliphatic carbocycles. The van der Waals surface area contributed by atoms with E-state index in [2.05, 4.69) is 10.0 Å². The zero-order valence-corrected chi connectivity index (χ0v) is 7.33. The standard InChI is InChI=1S/C8H9N3O3/c9-11-10-6-4-13-3-5(6)8(12)7-1-2-14-7/h3-4,7-8,12H,1-2H2. The summed E-state index contributed by atoms with van der Waals surface area (Å²) in [4.78, 5) is 2.64. The lowest BCUT2D eigenvalue weighted by atomic mass is 10.0. The maximum absolute atomic E-state index is 9.77. The first-order chi connectivity index (χ1) is 6.83. The van der Waals surface area contributed by atoms with E-state index in [0.29, 0.717) is 17.9 Å². The second kappa shape index (κ2) is 3.71. The highest BCUT2D eigenvalue weighted by Crippen LogP contribution is 2.33. The molecule has 1 N–H and O–H groups in total. The molecule has 6 nitrogen and oxygen atoms in total. The first kappa shape index (κ1) is 9.08. The van der Waals surface area contributed by atoms with Crippen LogP contribution in [0.5, 0.6) is 0 Å². The van der Waals surface area contributed by atoms with Crippen LogP contribution in [0.25, 0.3) is 10.4 Å². The zero-order valence-electron chi connectivity index (χ0n) is 7.33. The Hall–Kier alpha value is -1.49. The normalized spacial score (nSPS) is 22.2. The molecule has 74 valence electrons. The summed E-state index contributed by atoms with van der Waals surface area (Å²) in [6, 6.07) is 0. The first-order valence-electron chi connectivity index (χ1n) is 4.24. The fourth-order valence-electron chi connectivity index (χ4n) is 1.35. The van der Waals surface area contributed by atoms with Gasteiger partial charge in [-0.25, -0.2) is 0 Å². The average Bonchev–Trinajstić information content (AvgIpc) is 2.49. The fraction of sp³-hybridized carbons (Fsp3) is 0.500. The molecule has 1 fully saturated rings. The highest BCUT2D eigenvalue weighted by Gasteiger charge is 2.30. The van der Waals surface area contributed by atoms with E-state index >= 15 is 0 Å².